The first kappa shape index (κ1) is 12.0. The maximum Gasteiger partial charge on any atom is 0.00388 e. The molecule has 1 saturated heterocycles. The van der Waals surface area contributed by atoms with Crippen LogP contribution >= 0.6 is 0 Å². The van der Waals surface area contributed by atoms with Crippen LogP contribution in [0.1, 0.15) is 40.0 Å². The standard InChI is InChI=1S/C12H26N2/c1-4-5-6-11(3)14-9-12-8-13-7-10(12)2/h10-14H,4-9H2,1-3H3. The van der Waals surface area contributed by atoms with Gasteiger partial charge in [0.25, 0.3) is 0 Å². The summed E-state index contributed by atoms with van der Waals surface area (Å²) in [7, 11) is 0. The van der Waals surface area contributed by atoms with Crippen molar-refractivity contribution in [2.45, 2.75) is 46.1 Å². The minimum atomic E-state index is 0.697. The van der Waals surface area contributed by atoms with Gasteiger partial charge in [-0.3, -0.25) is 0 Å². The lowest BCUT2D eigenvalue weighted by Crippen LogP contribution is -2.33. The summed E-state index contributed by atoms with van der Waals surface area (Å²) in [6, 6.07) is 0.697. The van der Waals surface area contributed by atoms with Gasteiger partial charge in [-0.1, -0.05) is 26.7 Å². The highest BCUT2D eigenvalue weighted by molar-refractivity contribution is 4.80. The SMILES string of the molecule is CCCCC(C)NCC1CNCC1C. The Morgan fingerprint density at radius 1 is 1.43 bits per heavy atom. The summed E-state index contributed by atoms with van der Waals surface area (Å²) in [5.41, 5.74) is 0. The van der Waals surface area contributed by atoms with E-state index in [1.165, 1.54) is 38.9 Å². The van der Waals surface area contributed by atoms with Crippen LogP contribution in [0.25, 0.3) is 0 Å². The summed E-state index contributed by atoms with van der Waals surface area (Å²) in [4.78, 5) is 0. The molecular formula is C12H26N2. The van der Waals surface area contributed by atoms with Crippen LogP contribution in [0.3, 0.4) is 0 Å². The van der Waals surface area contributed by atoms with Crippen LogP contribution in [0.2, 0.25) is 0 Å². The molecule has 1 rings (SSSR count). The quantitative estimate of drug-likeness (QED) is 0.682. The minimum absolute atomic E-state index is 0.697. The van der Waals surface area contributed by atoms with E-state index in [-0.39, 0.29) is 0 Å². The fourth-order valence-electron chi connectivity index (χ4n) is 2.10. The Labute approximate surface area is 88.8 Å². The molecular weight excluding hydrogens is 172 g/mol. The van der Waals surface area contributed by atoms with Crippen LogP contribution in [-0.4, -0.2) is 25.7 Å². The second-order valence-electron chi connectivity index (χ2n) is 4.85. The predicted octanol–water partition coefficient (Wildman–Crippen LogP) is 2.01. The third kappa shape index (κ3) is 3.97. The molecule has 0 bridgehead atoms. The maximum atomic E-state index is 3.65. The van der Waals surface area contributed by atoms with E-state index < -0.39 is 0 Å². The van der Waals surface area contributed by atoms with Crippen molar-refractivity contribution in [1.82, 2.24) is 10.6 Å². The summed E-state index contributed by atoms with van der Waals surface area (Å²) < 4.78 is 0. The zero-order valence-electron chi connectivity index (χ0n) is 9.97. The van der Waals surface area contributed by atoms with Crippen LogP contribution in [-0.2, 0) is 0 Å². The molecule has 2 N–H and O–H groups in total. The van der Waals surface area contributed by atoms with Crippen LogP contribution in [0.4, 0.5) is 0 Å². The molecule has 0 aliphatic carbocycles. The highest BCUT2D eigenvalue weighted by Gasteiger charge is 2.22. The van der Waals surface area contributed by atoms with Crippen molar-refractivity contribution in [2.24, 2.45) is 11.8 Å². The number of hydrogen-bond acceptors (Lipinski definition) is 2. The number of unbranched alkanes of at least 4 members (excludes halogenated alkanes) is 1. The smallest absolute Gasteiger partial charge is 0.00388 e. The first-order chi connectivity index (χ1) is 6.74. The van der Waals surface area contributed by atoms with Gasteiger partial charge in [-0.25, -0.2) is 0 Å². The largest absolute Gasteiger partial charge is 0.316 e. The molecule has 0 radical (unpaired) electrons. The molecule has 1 heterocycles. The van der Waals surface area contributed by atoms with Crippen molar-refractivity contribution in [1.29, 1.82) is 0 Å². The van der Waals surface area contributed by atoms with Gasteiger partial charge in [-0.05, 0) is 44.8 Å². The van der Waals surface area contributed by atoms with Gasteiger partial charge in [0.05, 0.1) is 0 Å². The number of rotatable bonds is 6. The minimum Gasteiger partial charge on any atom is -0.316 e. The lowest BCUT2D eigenvalue weighted by atomic mass is 9.98. The second kappa shape index (κ2) is 6.41. The van der Waals surface area contributed by atoms with Gasteiger partial charge in [0, 0.05) is 6.04 Å². The summed E-state index contributed by atoms with van der Waals surface area (Å²) in [5, 5.41) is 7.10. The molecule has 2 heteroatoms. The third-order valence-corrected chi connectivity index (χ3v) is 3.40. The molecule has 14 heavy (non-hydrogen) atoms. The lowest BCUT2D eigenvalue weighted by Gasteiger charge is -2.19. The van der Waals surface area contributed by atoms with Crippen molar-refractivity contribution < 1.29 is 0 Å². The first-order valence-corrected chi connectivity index (χ1v) is 6.18. The molecule has 0 aromatic rings. The number of hydrogen-bond donors (Lipinski definition) is 2. The van der Waals surface area contributed by atoms with E-state index in [1.54, 1.807) is 0 Å². The van der Waals surface area contributed by atoms with E-state index >= 15 is 0 Å². The van der Waals surface area contributed by atoms with Gasteiger partial charge in [0.15, 0.2) is 0 Å². The topological polar surface area (TPSA) is 24.1 Å². The van der Waals surface area contributed by atoms with E-state index in [0.29, 0.717) is 6.04 Å². The Morgan fingerprint density at radius 2 is 2.21 bits per heavy atom. The van der Waals surface area contributed by atoms with Crippen molar-refractivity contribution in [3.05, 3.63) is 0 Å². The molecule has 0 saturated carbocycles. The summed E-state index contributed by atoms with van der Waals surface area (Å²) in [6.07, 6.45) is 3.99. The van der Waals surface area contributed by atoms with Crippen molar-refractivity contribution >= 4 is 0 Å². The molecule has 0 spiro atoms. The normalized spacial score (nSPS) is 29.4. The Kier molecular flexibility index (Phi) is 5.49. The summed E-state index contributed by atoms with van der Waals surface area (Å²) in [5.74, 6) is 1.69. The van der Waals surface area contributed by atoms with Crippen molar-refractivity contribution in [3.8, 4) is 0 Å². The fraction of sp³-hybridized carbons (Fsp3) is 1.00. The summed E-state index contributed by atoms with van der Waals surface area (Å²) >= 11 is 0. The van der Waals surface area contributed by atoms with Crippen LogP contribution in [0.5, 0.6) is 0 Å². The molecule has 0 amide bonds. The van der Waals surface area contributed by atoms with Gasteiger partial charge in [-0.15, -0.1) is 0 Å². The van der Waals surface area contributed by atoms with Gasteiger partial charge in [-0.2, -0.15) is 0 Å². The molecule has 1 fully saturated rings. The van der Waals surface area contributed by atoms with Crippen LogP contribution in [0, 0.1) is 11.8 Å². The molecule has 3 unspecified atom stereocenters. The zero-order valence-corrected chi connectivity index (χ0v) is 9.97. The zero-order chi connectivity index (χ0) is 10.4. The Hall–Kier alpha value is -0.0800. The molecule has 3 atom stereocenters. The Balaban J connectivity index is 2.07. The van der Waals surface area contributed by atoms with E-state index in [4.69, 9.17) is 0 Å². The molecule has 0 aromatic carbocycles. The van der Waals surface area contributed by atoms with Gasteiger partial charge in [0.1, 0.15) is 0 Å². The molecule has 2 nitrogen and oxygen atoms in total. The highest BCUT2D eigenvalue weighted by Crippen LogP contribution is 2.14. The van der Waals surface area contributed by atoms with Crippen molar-refractivity contribution in [3.63, 3.8) is 0 Å². The lowest BCUT2D eigenvalue weighted by molar-refractivity contribution is 0.384. The predicted molar refractivity (Wildman–Crippen MR) is 62.5 cm³/mol. The highest BCUT2D eigenvalue weighted by atomic mass is 15.0. The van der Waals surface area contributed by atoms with E-state index in [1.807, 2.05) is 0 Å². The van der Waals surface area contributed by atoms with Gasteiger partial charge < -0.3 is 10.6 Å². The van der Waals surface area contributed by atoms with Gasteiger partial charge in [0.2, 0.25) is 0 Å². The molecule has 0 aromatic heterocycles. The van der Waals surface area contributed by atoms with Crippen molar-refractivity contribution in [2.75, 3.05) is 19.6 Å². The third-order valence-electron chi connectivity index (χ3n) is 3.40. The summed E-state index contributed by atoms with van der Waals surface area (Å²) in [6.45, 7) is 10.5. The molecule has 1 aliphatic rings. The Morgan fingerprint density at radius 3 is 2.79 bits per heavy atom. The van der Waals surface area contributed by atoms with Crippen LogP contribution in [0.15, 0.2) is 0 Å². The van der Waals surface area contributed by atoms with Gasteiger partial charge >= 0.3 is 0 Å². The monoisotopic (exact) mass is 198 g/mol. The maximum absolute atomic E-state index is 3.65. The van der Waals surface area contributed by atoms with E-state index in [9.17, 15) is 0 Å². The van der Waals surface area contributed by atoms with E-state index in [2.05, 4.69) is 31.4 Å². The average Bonchev–Trinajstić information content (AvgIpc) is 2.58. The molecule has 84 valence electrons. The fourth-order valence-corrected chi connectivity index (χ4v) is 2.10. The van der Waals surface area contributed by atoms with E-state index in [0.717, 1.165) is 11.8 Å². The molecule has 1 aliphatic heterocycles. The Bertz CT molecular complexity index is 147. The number of nitrogens with one attached hydrogen (secondary N) is 2. The second-order valence-corrected chi connectivity index (χ2v) is 4.85. The first-order valence-electron chi connectivity index (χ1n) is 6.18. The average molecular weight is 198 g/mol. The van der Waals surface area contributed by atoms with Crippen LogP contribution < -0.4 is 10.6 Å².